The second-order valence-corrected chi connectivity index (χ2v) is 4.90. The van der Waals surface area contributed by atoms with Gasteiger partial charge in [-0.05, 0) is 12.1 Å². The summed E-state index contributed by atoms with van der Waals surface area (Å²) in [5.74, 6) is 0. The molecule has 0 atom stereocenters. The predicted octanol–water partition coefficient (Wildman–Crippen LogP) is 5.05. The van der Waals surface area contributed by atoms with Gasteiger partial charge < -0.3 is 4.98 Å². The van der Waals surface area contributed by atoms with Gasteiger partial charge in [-0.15, -0.1) is 0 Å². The zero-order valence-corrected chi connectivity index (χ0v) is 11.4. The Morgan fingerprint density at radius 2 is 1.37 bits per heavy atom. The van der Waals surface area contributed by atoms with E-state index in [-0.39, 0.29) is 0 Å². The highest BCUT2D eigenvalue weighted by molar-refractivity contribution is 6.34. The van der Waals surface area contributed by atoms with Crippen LogP contribution in [0.5, 0.6) is 0 Å². The molecule has 1 aromatic heterocycles. The van der Waals surface area contributed by atoms with Crippen molar-refractivity contribution < 1.29 is 0 Å². The fourth-order valence-electron chi connectivity index (χ4n) is 2.02. The molecule has 0 radical (unpaired) electrons. The van der Waals surface area contributed by atoms with Crippen LogP contribution in [-0.4, -0.2) is 9.97 Å². The largest absolute Gasteiger partial charge is 0.344 e. The predicted molar refractivity (Wildman–Crippen MR) is 79.5 cm³/mol. The van der Waals surface area contributed by atoms with Crippen molar-refractivity contribution in [1.82, 2.24) is 9.97 Å². The molecule has 0 saturated carbocycles. The molecule has 0 unspecified atom stereocenters. The molecule has 0 aliphatic heterocycles. The number of nitrogens with zero attached hydrogens (tertiary/aromatic N) is 1. The molecular weight excluding hydrogens is 279 g/mol. The van der Waals surface area contributed by atoms with Crippen molar-refractivity contribution in [2.24, 2.45) is 0 Å². The number of hydrogen-bond acceptors (Lipinski definition) is 1. The first-order valence-corrected chi connectivity index (χ1v) is 6.56. The number of imidazole rings is 1. The first-order chi connectivity index (χ1) is 9.27. The molecule has 4 heteroatoms. The van der Waals surface area contributed by atoms with Crippen molar-refractivity contribution in [3.63, 3.8) is 0 Å². The fourth-order valence-corrected chi connectivity index (χ4v) is 2.48. The van der Waals surface area contributed by atoms with Gasteiger partial charge >= 0.3 is 0 Å². The number of hydrogen-bond donors (Lipinski definition) is 1. The SMILES string of the molecule is Clc1ccccc1-c1nc[nH]c1-c1ccccc1Cl. The molecule has 0 spiro atoms. The van der Waals surface area contributed by atoms with E-state index in [4.69, 9.17) is 23.2 Å². The minimum atomic E-state index is 0.669. The molecule has 0 amide bonds. The lowest BCUT2D eigenvalue weighted by molar-refractivity contribution is 1.31. The van der Waals surface area contributed by atoms with Crippen molar-refractivity contribution in [1.29, 1.82) is 0 Å². The maximum atomic E-state index is 6.23. The second-order valence-electron chi connectivity index (χ2n) is 4.09. The Labute approximate surface area is 121 Å². The zero-order valence-electron chi connectivity index (χ0n) is 9.90. The third-order valence-corrected chi connectivity index (χ3v) is 3.57. The molecule has 0 aliphatic rings. The van der Waals surface area contributed by atoms with E-state index in [2.05, 4.69) is 9.97 Å². The molecular formula is C15H10Cl2N2. The summed E-state index contributed by atoms with van der Waals surface area (Å²) in [6.07, 6.45) is 1.65. The molecule has 3 rings (SSSR count). The molecule has 19 heavy (non-hydrogen) atoms. The van der Waals surface area contributed by atoms with E-state index in [1.165, 1.54) is 0 Å². The van der Waals surface area contributed by atoms with Gasteiger partial charge in [-0.25, -0.2) is 4.98 Å². The molecule has 2 aromatic carbocycles. The molecule has 0 fully saturated rings. The number of aromatic amines is 1. The lowest BCUT2D eigenvalue weighted by Gasteiger charge is -2.06. The standard InChI is InChI=1S/C15H10Cl2N2/c16-12-7-3-1-5-10(12)14-15(19-9-18-14)11-6-2-4-8-13(11)17/h1-9H,(H,18,19). The third kappa shape index (κ3) is 2.25. The van der Waals surface area contributed by atoms with E-state index in [0.717, 1.165) is 22.5 Å². The number of rotatable bonds is 2. The average Bonchev–Trinajstić information content (AvgIpc) is 2.89. The smallest absolute Gasteiger partial charge is 0.0976 e. The van der Waals surface area contributed by atoms with Crippen LogP contribution in [-0.2, 0) is 0 Å². The van der Waals surface area contributed by atoms with Crippen LogP contribution in [0.1, 0.15) is 0 Å². The topological polar surface area (TPSA) is 28.7 Å². The maximum Gasteiger partial charge on any atom is 0.0976 e. The van der Waals surface area contributed by atoms with Crippen LogP contribution in [0.4, 0.5) is 0 Å². The van der Waals surface area contributed by atoms with Crippen LogP contribution in [0.25, 0.3) is 22.5 Å². The highest BCUT2D eigenvalue weighted by atomic mass is 35.5. The maximum absolute atomic E-state index is 6.23. The lowest BCUT2D eigenvalue weighted by atomic mass is 10.1. The van der Waals surface area contributed by atoms with Gasteiger partial charge in [0.05, 0.1) is 22.7 Å². The van der Waals surface area contributed by atoms with E-state index in [9.17, 15) is 0 Å². The van der Waals surface area contributed by atoms with Gasteiger partial charge in [-0.2, -0.15) is 0 Å². The minimum Gasteiger partial charge on any atom is -0.344 e. The van der Waals surface area contributed by atoms with Gasteiger partial charge in [-0.1, -0.05) is 59.6 Å². The number of halogens is 2. The number of H-pyrrole nitrogens is 1. The minimum absolute atomic E-state index is 0.669. The quantitative estimate of drug-likeness (QED) is 0.702. The van der Waals surface area contributed by atoms with Crippen LogP contribution in [0.3, 0.4) is 0 Å². The summed E-state index contributed by atoms with van der Waals surface area (Å²) >= 11 is 12.5. The summed E-state index contributed by atoms with van der Waals surface area (Å²) < 4.78 is 0. The van der Waals surface area contributed by atoms with Crippen LogP contribution >= 0.6 is 23.2 Å². The Morgan fingerprint density at radius 3 is 2.00 bits per heavy atom. The summed E-state index contributed by atoms with van der Waals surface area (Å²) in [6.45, 7) is 0. The van der Waals surface area contributed by atoms with Crippen molar-refractivity contribution in [2.45, 2.75) is 0 Å². The van der Waals surface area contributed by atoms with E-state index in [1.807, 2.05) is 48.5 Å². The molecule has 0 bridgehead atoms. The highest BCUT2D eigenvalue weighted by Crippen LogP contribution is 2.35. The lowest BCUT2D eigenvalue weighted by Crippen LogP contribution is -1.85. The van der Waals surface area contributed by atoms with Gasteiger partial charge in [0.1, 0.15) is 0 Å². The molecule has 0 saturated heterocycles. The first-order valence-electron chi connectivity index (χ1n) is 5.80. The first kappa shape index (κ1) is 12.3. The van der Waals surface area contributed by atoms with Crippen molar-refractivity contribution in [3.05, 3.63) is 64.9 Å². The van der Waals surface area contributed by atoms with Crippen molar-refractivity contribution in [2.75, 3.05) is 0 Å². The van der Waals surface area contributed by atoms with Gasteiger partial charge in [0.15, 0.2) is 0 Å². The number of nitrogens with one attached hydrogen (secondary N) is 1. The monoisotopic (exact) mass is 288 g/mol. The van der Waals surface area contributed by atoms with Crippen LogP contribution in [0, 0.1) is 0 Å². The highest BCUT2D eigenvalue weighted by Gasteiger charge is 2.14. The van der Waals surface area contributed by atoms with Gasteiger partial charge in [0, 0.05) is 16.1 Å². The Kier molecular flexibility index (Phi) is 3.28. The summed E-state index contributed by atoms with van der Waals surface area (Å²) in [6, 6.07) is 15.3. The molecule has 94 valence electrons. The van der Waals surface area contributed by atoms with E-state index in [1.54, 1.807) is 6.33 Å². The molecule has 3 aromatic rings. The Morgan fingerprint density at radius 1 is 0.789 bits per heavy atom. The molecule has 2 nitrogen and oxygen atoms in total. The molecule has 1 heterocycles. The number of benzene rings is 2. The Balaban J connectivity index is 2.20. The normalized spacial score (nSPS) is 10.6. The molecule has 0 aliphatic carbocycles. The van der Waals surface area contributed by atoms with Crippen LogP contribution in [0.15, 0.2) is 54.9 Å². The Hall–Kier alpha value is -1.77. The van der Waals surface area contributed by atoms with Crippen molar-refractivity contribution in [3.8, 4) is 22.5 Å². The van der Waals surface area contributed by atoms with Crippen LogP contribution in [0.2, 0.25) is 10.0 Å². The zero-order chi connectivity index (χ0) is 13.2. The van der Waals surface area contributed by atoms with E-state index in [0.29, 0.717) is 10.0 Å². The average molecular weight is 289 g/mol. The van der Waals surface area contributed by atoms with Gasteiger partial charge in [0.25, 0.3) is 0 Å². The van der Waals surface area contributed by atoms with Gasteiger partial charge in [0.2, 0.25) is 0 Å². The fraction of sp³-hybridized carbons (Fsp3) is 0. The second kappa shape index (κ2) is 5.08. The van der Waals surface area contributed by atoms with E-state index >= 15 is 0 Å². The summed E-state index contributed by atoms with van der Waals surface area (Å²) in [4.78, 5) is 7.50. The third-order valence-electron chi connectivity index (χ3n) is 2.91. The Bertz CT molecular complexity index is 659. The van der Waals surface area contributed by atoms with Gasteiger partial charge in [-0.3, -0.25) is 0 Å². The van der Waals surface area contributed by atoms with Crippen molar-refractivity contribution >= 4 is 23.2 Å². The van der Waals surface area contributed by atoms with Crippen LogP contribution < -0.4 is 0 Å². The number of aromatic nitrogens is 2. The van der Waals surface area contributed by atoms with E-state index < -0.39 is 0 Å². The summed E-state index contributed by atoms with van der Waals surface area (Å²) in [7, 11) is 0. The summed E-state index contributed by atoms with van der Waals surface area (Å²) in [5, 5.41) is 1.35. The summed E-state index contributed by atoms with van der Waals surface area (Å²) in [5.41, 5.74) is 3.48. The molecule has 1 N–H and O–H groups in total.